The van der Waals surface area contributed by atoms with Crippen molar-refractivity contribution in [2.45, 2.75) is 104 Å². The second-order valence-electron chi connectivity index (χ2n) is 15.5. The van der Waals surface area contributed by atoms with Gasteiger partial charge in [-0.25, -0.2) is 4.79 Å². The van der Waals surface area contributed by atoms with Crippen LogP contribution in [0.1, 0.15) is 87.0 Å². The molecule has 1 heterocycles. The molecule has 9 nitrogen and oxygen atoms in total. The average molecular weight is 732 g/mol. The fourth-order valence-corrected chi connectivity index (χ4v) is 11.6. The van der Waals surface area contributed by atoms with Crippen LogP contribution in [0.3, 0.4) is 0 Å². The quantitative estimate of drug-likeness (QED) is 0.151. The first-order chi connectivity index (χ1) is 24.6. The molecule has 0 spiro atoms. The molecule has 0 saturated carbocycles. The Hall–Kier alpha value is -4.02. The summed E-state index contributed by atoms with van der Waals surface area (Å²) in [4.78, 5) is 55.5. The van der Waals surface area contributed by atoms with Gasteiger partial charge in [0, 0.05) is 25.4 Å². The van der Waals surface area contributed by atoms with Gasteiger partial charge in [0.2, 0.25) is 17.7 Å². The van der Waals surface area contributed by atoms with Crippen LogP contribution in [0.25, 0.3) is 0 Å². The van der Waals surface area contributed by atoms with E-state index in [2.05, 4.69) is 69.2 Å². The number of esters is 1. The van der Waals surface area contributed by atoms with Crippen LogP contribution in [0.5, 0.6) is 0 Å². The highest BCUT2D eigenvalue weighted by atomic mass is 28.4. The van der Waals surface area contributed by atoms with Gasteiger partial charge in [-0.05, 0) is 46.2 Å². The number of likely N-dealkylation sites (N-methyl/N-ethyl adjacent to an activating group) is 1. The van der Waals surface area contributed by atoms with Gasteiger partial charge < -0.3 is 24.7 Å². The molecule has 3 rings (SSSR count). The number of unbranched alkanes of at least 4 members (excludes halogenated alkanes) is 3. The lowest BCUT2D eigenvalue weighted by molar-refractivity contribution is -0.162. The zero-order valence-electron chi connectivity index (χ0n) is 32.6. The Bertz CT molecular complexity index is 1480. The molecule has 3 amide bonds. The number of hydrogen-bond acceptors (Lipinski definition) is 6. The standard InChI is InChI=1S/C42H61N3O6Si/c1-10-11-12-15-20-31(4)39-35(27-28-50-52(42(6,7)8,33-21-16-13-17-22-33)34-23-18-14-19-24-34)40(48)43-32(5)25-26-37(47)45(9)29-36(46)44-38(30(2)3)41(49)51-39/h13-14,16-19,21-26,30-31,35,38-39H,5,10-12,15,20,27-29H2,1-4,6-9H3,(H,43,48)(H,44,46)/b26-25+/t31-,35+,38+,39+/m1/s1. The average Bonchev–Trinajstić information content (AvgIpc) is 3.10. The molecule has 0 saturated heterocycles. The largest absolute Gasteiger partial charge is 0.460 e. The molecule has 0 aliphatic carbocycles. The van der Waals surface area contributed by atoms with Crippen LogP contribution in [0.15, 0.2) is 85.1 Å². The van der Waals surface area contributed by atoms with E-state index in [1.165, 1.54) is 24.1 Å². The third-order valence-corrected chi connectivity index (χ3v) is 15.0. The topological polar surface area (TPSA) is 114 Å². The monoisotopic (exact) mass is 731 g/mol. The zero-order chi connectivity index (χ0) is 38.5. The molecule has 1 aliphatic heterocycles. The smallest absolute Gasteiger partial charge is 0.329 e. The van der Waals surface area contributed by atoms with E-state index < -0.39 is 44.2 Å². The predicted molar refractivity (Wildman–Crippen MR) is 210 cm³/mol. The second-order valence-corrected chi connectivity index (χ2v) is 19.8. The highest BCUT2D eigenvalue weighted by molar-refractivity contribution is 6.99. The van der Waals surface area contributed by atoms with Crippen molar-refractivity contribution in [2.75, 3.05) is 20.2 Å². The minimum Gasteiger partial charge on any atom is -0.460 e. The van der Waals surface area contributed by atoms with E-state index in [1.54, 1.807) is 0 Å². The number of carbonyl (C=O) groups excluding carboxylic acids is 4. The van der Waals surface area contributed by atoms with Gasteiger partial charge in [-0.1, -0.05) is 141 Å². The summed E-state index contributed by atoms with van der Waals surface area (Å²) in [7, 11) is -1.45. The molecule has 2 N–H and O–H groups in total. The van der Waals surface area contributed by atoms with E-state index >= 15 is 0 Å². The summed E-state index contributed by atoms with van der Waals surface area (Å²) in [6.07, 6.45) is 7.01. The van der Waals surface area contributed by atoms with Gasteiger partial charge in [0.05, 0.1) is 12.5 Å². The van der Waals surface area contributed by atoms with Crippen LogP contribution in [-0.4, -0.2) is 69.3 Å². The summed E-state index contributed by atoms with van der Waals surface area (Å²) in [5.74, 6) is -3.22. The van der Waals surface area contributed by atoms with Crippen molar-refractivity contribution in [1.29, 1.82) is 0 Å². The fourth-order valence-electron chi connectivity index (χ4n) is 7.01. The van der Waals surface area contributed by atoms with E-state index in [0.29, 0.717) is 0 Å². The number of amides is 3. The summed E-state index contributed by atoms with van der Waals surface area (Å²) in [5.41, 5.74) is 0.213. The number of rotatable bonds is 13. The molecule has 0 unspecified atom stereocenters. The first-order valence-electron chi connectivity index (χ1n) is 18.8. The molecular formula is C42H61N3O6Si. The van der Waals surface area contributed by atoms with E-state index in [1.807, 2.05) is 57.2 Å². The van der Waals surface area contributed by atoms with Gasteiger partial charge in [0.25, 0.3) is 8.32 Å². The van der Waals surface area contributed by atoms with E-state index in [9.17, 15) is 19.2 Å². The first kappa shape index (κ1) is 42.4. The van der Waals surface area contributed by atoms with Gasteiger partial charge >= 0.3 is 5.97 Å². The summed E-state index contributed by atoms with van der Waals surface area (Å²) in [6.45, 7) is 18.4. The minimum atomic E-state index is -2.94. The van der Waals surface area contributed by atoms with Crippen LogP contribution >= 0.6 is 0 Å². The van der Waals surface area contributed by atoms with E-state index in [4.69, 9.17) is 9.16 Å². The van der Waals surface area contributed by atoms with Crippen molar-refractivity contribution < 1.29 is 28.3 Å². The van der Waals surface area contributed by atoms with Crippen LogP contribution in [0, 0.1) is 17.8 Å². The molecule has 4 atom stereocenters. The Balaban J connectivity index is 2.11. The maximum Gasteiger partial charge on any atom is 0.329 e. The van der Waals surface area contributed by atoms with Gasteiger partial charge in [-0.3, -0.25) is 14.4 Å². The van der Waals surface area contributed by atoms with Crippen LogP contribution in [-0.2, 0) is 28.3 Å². The Morgan fingerprint density at radius 3 is 2.06 bits per heavy atom. The summed E-state index contributed by atoms with van der Waals surface area (Å²) in [5, 5.41) is 7.64. The number of hydrogen-bond donors (Lipinski definition) is 2. The van der Waals surface area contributed by atoms with Crippen LogP contribution < -0.4 is 21.0 Å². The second kappa shape index (κ2) is 19.7. The van der Waals surface area contributed by atoms with Crippen molar-refractivity contribution in [1.82, 2.24) is 15.5 Å². The fraction of sp³-hybridized carbons (Fsp3) is 0.524. The molecule has 10 heteroatoms. The van der Waals surface area contributed by atoms with Gasteiger partial charge in [-0.2, -0.15) is 0 Å². The summed E-state index contributed by atoms with van der Waals surface area (Å²) >= 11 is 0. The van der Waals surface area contributed by atoms with E-state index in [0.717, 1.165) is 42.5 Å². The van der Waals surface area contributed by atoms with Gasteiger partial charge in [0.15, 0.2) is 0 Å². The molecule has 52 heavy (non-hydrogen) atoms. The molecule has 0 radical (unpaired) electrons. The van der Waals surface area contributed by atoms with E-state index in [-0.39, 0.29) is 48.1 Å². The van der Waals surface area contributed by atoms with Crippen LogP contribution in [0.2, 0.25) is 5.04 Å². The molecule has 0 fully saturated rings. The van der Waals surface area contributed by atoms with Crippen molar-refractivity contribution in [3.63, 3.8) is 0 Å². The van der Waals surface area contributed by atoms with Crippen molar-refractivity contribution in [2.24, 2.45) is 17.8 Å². The number of carbonyl (C=O) groups is 4. The maximum atomic E-state index is 14.4. The molecule has 2 aromatic carbocycles. The summed E-state index contributed by atoms with van der Waals surface area (Å²) in [6, 6.07) is 19.6. The zero-order valence-corrected chi connectivity index (χ0v) is 33.6. The Morgan fingerprint density at radius 2 is 1.52 bits per heavy atom. The first-order valence-corrected chi connectivity index (χ1v) is 20.7. The lowest BCUT2D eigenvalue weighted by Gasteiger charge is -2.43. The van der Waals surface area contributed by atoms with Crippen molar-refractivity contribution in [3.05, 3.63) is 85.1 Å². The number of cyclic esters (lactones) is 1. The normalized spacial score (nSPS) is 21.1. The van der Waals surface area contributed by atoms with Crippen LogP contribution in [0.4, 0.5) is 0 Å². The Labute approximate surface area is 312 Å². The molecular weight excluding hydrogens is 671 g/mol. The molecule has 1 aliphatic rings. The highest BCUT2D eigenvalue weighted by Gasteiger charge is 2.50. The Morgan fingerprint density at radius 1 is 0.923 bits per heavy atom. The molecule has 0 aromatic heterocycles. The maximum absolute atomic E-state index is 14.4. The van der Waals surface area contributed by atoms with Gasteiger partial charge in [0.1, 0.15) is 12.1 Å². The van der Waals surface area contributed by atoms with Crippen molar-refractivity contribution in [3.8, 4) is 0 Å². The molecule has 2 aromatic rings. The Kier molecular flexibility index (Phi) is 16.1. The molecule has 284 valence electrons. The summed E-state index contributed by atoms with van der Waals surface area (Å²) < 4.78 is 13.6. The third kappa shape index (κ3) is 11.2. The minimum absolute atomic E-state index is 0.180. The number of nitrogens with zero attached hydrogens (tertiary/aromatic N) is 1. The highest BCUT2D eigenvalue weighted by Crippen LogP contribution is 2.37. The lowest BCUT2D eigenvalue weighted by Crippen LogP contribution is -2.66. The number of nitrogens with one attached hydrogen (secondary N) is 2. The predicted octanol–water partition coefficient (Wildman–Crippen LogP) is 5.89. The number of allylic oxidation sites excluding steroid dienone is 1. The SMILES string of the molecule is C=C1/C=C/C(=O)N(C)CC(=O)N[C@@H](C(C)C)C(=O)O[C@@H]([C@H](C)CCCCCC)[C@H](CCO[Si](c2ccccc2)(c2ccccc2)C(C)(C)C)C(=O)N1. The number of ether oxygens (including phenoxy) is 1. The van der Waals surface area contributed by atoms with Gasteiger partial charge in [-0.15, -0.1) is 0 Å². The number of benzene rings is 2. The van der Waals surface area contributed by atoms with Crippen molar-refractivity contribution >= 4 is 42.4 Å². The third-order valence-electron chi connectivity index (χ3n) is 9.93. The molecule has 0 bridgehead atoms. The lowest BCUT2D eigenvalue weighted by atomic mass is 9.85.